The number of nitrogens with zero attached hydrogens (tertiary/aromatic N) is 1. The van der Waals surface area contributed by atoms with Gasteiger partial charge < -0.3 is 9.47 Å². The molecule has 3 rings (SSSR count). The van der Waals surface area contributed by atoms with Crippen molar-refractivity contribution in [1.29, 1.82) is 0 Å². The first-order valence-corrected chi connectivity index (χ1v) is 7.86. The van der Waals surface area contributed by atoms with Crippen LogP contribution in [0.1, 0.15) is 25.7 Å². The fraction of sp³-hybridized carbons (Fsp3) is 1.00. The quantitative estimate of drug-likeness (QED) is 0.433. The van der Waals surface area contributed by atoms with Gasteiger partial charge in [0, 0.05) is 42.0 Å². The molecule has 0 radical (unpaired) electrons. The van der Waals surface area contributed by atoms with Crippen molar-refractivity contribution in [3.63, 3.8) is 0 Å². The average molecular weight is 349 g/mol. The molecule has 2 saturated carbocycles. The van der Waals surface area contributed by atoms with E-state index in [2.05, 4.69) is 33.8 Å². The highest BCUT2D eigenvalue weighted by molar-refractivity contribution is 14.1. The molecule has 4 unspecified atom stereocenters. The lowest BCUT2D eigenvalue weighted by Crippen LogP contribution is -2.47. The SMILES string of the molecule is BC1CN(I)CC(COC2CCC2C2CC2)O1. The first-order valence-electron chi connectivity index (χ1n) is 6.90. The number of hydrogen-bond donors (Lipinski definition) is 0. The highest BCUT2D eigenvalue weighted by atomic mass is 127. The van der Waals surface area contributed by atoms with Gasteiger partial charge in [0.1, 0.15) is 7.85 Å². The summed E-state index contributed by atoms with van der Waals surface area (Å²) in [7, 11) is 2.15. The third-order valence-electron chi connectivity index (χ3n) is 4.27. The molecule has 0 spiro atoms. The maximum atomic E-state index is 6.07. The molecule has 4 atom stereocenters. The maximum absolute atomic E-state index is 6.07. The summed E-state index contributed by atoms with van der Waals surface area (Å²) in [5, 5.41) is 0. The van der Waals surface area contributed by atoms with Crippen LogP contribution in [0.25, 0.3) is 0 Å². The summed E-state index contributed by atoms with van der Waals surface area (Å²) < 4.78 is 14.3. The van der Waals surface area contributed by atoms with Crippen LogP contribution in [0.5, 0.6) is 0 Å². The van der Waals surface area contributed by atoms with Crippen LogP contribution in [0, 0.1) is 11.8 Å². The molecule has 3 fully saturated rings. The number of halogens is 1. The van der Waals surface area contributed by atoms with E-state index in [0.29, 0.717) is 12.1 Å². The standard InChI is InChI=1S/C12H21BINO2/c13-12-6-15(14)5-9(17-12)7-16-11-4-3-10(11)8-1-2-8/h8-12H,1-7,13H2. The van der Waals surface area contributed by atoms with E-state index in [9.17, 15) is 0 Å². The van der Waals surface area contributed by atoms with Crippen LogP contribution in [0.2, 0.25) is 0 Å². The highest BCUT2D eigenvalue weighted by Gasteiger charge is 2.43. The monoisotopic (exact) mass is 349 g/mol. The summed E-state index contributed by atoms with van der Waals surface area (Å²) in [6, 6.07) is 0.342. The zero-order valence-corrected chi connectivity index (χ0v) is 12.6. The molecule has 3 nitrogen and oxygen atoms in total. The van der Waals surface area contributed by atoms with Crippen molar-refractivity contribution in [3.05, 3.63) is 0 Å². The lowest BCUT2D eigenvalue weighted by Gasteiger charge is -2.39. The van der Waals surface area contributed by atoms with Crippen molar-refractivity contribution in [3.8, 4) is 0 Å². The van der Waals surface area contributed by atoms with Gasteiger partial charge >= 0.3 is 0 Å². The molecule has 17 heavy (non-hydrogen) atoms. The van der Waals surface area contributed by atoms with Crippen molar-refractivity contribution in [2.24, 2.45) is 11.8 Å². The molecule has 1 heterocycles. The van der Waals surface area contributed by atoms with Crippen molar-refractivity contribution in [1.82, 2.24) is 3.11 Å². The van der Waals surface area contributed by atoms with Crippen LogP contribution in [0.15, 0.2) is 0 Å². The molecule has 0 bridgehead atoms. The van der Waals surface area contributed by atoms with E-state index in [1.807, 2.05) is 0 Å². The molecule has 1 aliphatic heterocycles. The maximum Gasteiger partial charge on any atom is 0.140 e. The minimum Gasteiger partial charge on any atom is -0.379 e. The molecular formula is C12H21BINO2. The van der Waals surface area contributed by atoms with Gasteiger partial charge in [-0.3, -0.25) is 0 Å². The molecule has 0 aromatic rings. The van der Waals surface area contributed by atoms with Crippen LogP contribution in [0.4, 0.5) is 0 Å². The second kappa shape index (κ2) is 5.35. The molecule has 0 amide bonds. The third kappa shape index (κ3) is 3.17. The predicted molar refractivity (Wildman–Crippen MR) is 78.0 cm³/mol. The first kappa shape index (κ1) is 12.7. The van der Waals surface area contributed by atoms with E-state index in [-0.39, 0.29) is 6.10 Å². The van der Waals surface area contributed by atoms with Gasteiger partial charge in [0.25, 0.3) is 0 Å². The van der Waals surface area contributed by atoms with E-state index in [4.69, 9.17) is 9.47 Å². The minimum atomic E-state index is 0.274. The summed E-state index contributed by atoms with van der Waals surface area (Å²) in [5.74, 6) is 1.88. The molecule has 0 aromatic heterocycles. The Kier molecular flexibility index (Phi) is 3.99. The van der Waals surface area contributed by atoms with Gasteiger partial charge in [0.2, 0.25) is 0 Å². The molecule has 96 valence electrons. The number of rotatable bonds is 4. The van der Waals surface area contributed by atoms with E-state index in [1.54, 1.807) is 0 Å². The topological polar surface area (TPSA) is 21.7 Å². The molecule has 2 aliphatic carbocycles. The van der Waals surface area contributed by atoms with Crippen LogP contribution in [0.3, 0.4) is 0 Å². The van der Waals surface area contributed by atoms with Crippen LogP contribution >= 0.6 is 22.9 Å². The van der Waals surface area contributed by atoms with Gasteiger partial charge in [0.05, 0.1) is 18.8 Å². The number of hydrogen-bond acceptors (Lipinski definition) is 3. The largest absolute Gasteiger partial charge is 0.379 e. The summed E-state index contributed by atoms with van der Waals surface area (Å²) in [5.41, 5.74) is 0. The van der Waals surface area contributed by atoms with Gasteiger partial charge in [-0.2, -0.15) is 0 Å². The van der Waals surface area contributed by atoms with Gasteiger partial charge in [-0.05, 0) is 37.5 Å². The second-order valence-corrected chi connectivity index (χ2v) is 7.21. The highest BCUT2D eigenvalue weighted by Crippen LogP contribution is 2.48. The van der Waals surface area contributed by atoms with Crippen molar-refractivity contribution in [2.45, 2.75) is 43.9 Å². The zero-order valence-electron chi connectivity index (χ0n) is 10.5. The fourth-order valence-electron chi connectivity index (χ4n) is 3.08. The Labute approximate surface area is 118 Å². The van der Waals surface area contributed by atoms with Crippen LogP contribution < -0.4 is 0 Å². The fourth-order valence-corrected chi connectivity index (χ4v) is 4.07. The Morgan fingerprint density at radius 1 is 1.24 bits per heavy atom. The molecular weight excluding hydrogens is 328 g/mol. The number of morpholine rings is 1. The van der Waals surface area contributed by atoms with E-state index in [1.165, 1.54) is 25.7 Å². The average Bonchev–Trinajstić information content (AvgIpc) is 2.99. The molecule has 1 saturated heterocycles. The minimum absolute atomic E-state index is 0.274. The van der Waals surface area contributed by atoms with Crippen molar-refractivity contribution >= 4 is 30.7 Å². The first-order chi connectivity index (χ1) is 8.22. The van der Waals surface area contributed by atoms with E-state index in [0.717, 1.165) is 31.5 Å². The Bertz CT molecular complexity index is 267. The molecule has 0 N–H and O–H groups in total. The Balaban J connectivity index is 1.41. The molecule has 3 aliphatic rings. The third-order valence-corrected chi connectivity index (χ3v) is 5.06. The Morgan fingerprint density at radius 2 is 2.06 bits per heavy atom. The van der Waals surface area contributed by atoms with E-state index < -0.39 is 0 Å². The smallest absolute Gasteiger partial charge is 0.140 e. The normalized spacial score (nSPS) is 43.4. The van der Waals surface area contributed by atoms with Crippen LogP contribution in [-0.4, -0.2) is 48.9 Å². The van der Waals surface area contributed by atoms with Gasteiger partial charge in [-0.25, -0.2) is 3.11 Å². The van der Waals surface area contributed by atoms with Gasteiger partial charge in [0.15, 0.2) is 0 Å². The predicted octanol–water partition coefficient (Wildman–Crippen LogP) is 1.20. The Morgan fingerprint density at radius 3 is 2.65 bits per heavy atom. The zero-order chi connectivity index (χ0) is 11.8. The van der Waals surface area contributed by atoms with E-state index >= 15 is 0 Å². The summed E-state index contributed by atoms with van der Waals surface area (Å²) >= 11 is 2.39. The van der Waals surface area contributed by atoms with Crippen molar-refractivity contribution in [2.75, 3.05) is 19.7 Å². The summed E-state index contributed by atoms with van der Waals surface area (Å²) in [6.07, 6.45) is 6.39. The lowest BCUT2D eigenvalue weighted by atomic mass is 9.78. The van der Waals surface area contributed by atoms with Gasteiger partial charge in [-0.15, -0.1) is 0 Å². The Hall–Kier alpha value is 0.675. The number of ether oxygens (including phenoxy) is 2. The lowest BCUT2D eigenvalue weighted by molar-refractivity contribution is -0.116. The summed E-state index contributed by atoms with van der Waals surface area (Å²) in [6.45, 7) is 2.83. The van der Waals surface area contributed by atoms with Crippen LogP contribution in [-0.2, 0) is 9.47 Å². The summed E-state index contributed by atoms with van der Waals surface area (Å²) in [4.78, 5) is 0. The molecule has 0 aromatic carbocycles. The van der Waals surface area contributed by atoms with Gasteiger partial charge in [-0.1, -0.05) is 0 Å². The molecule has 5 heteroatoms. The second-order valence-electron chi connectivity index (χ2n) is 5.85. The van der Waals surface area contributed by atoms with Crippen molar-refractivity contribution < 1.29 is 9.47 Å².